The first-order valence-electron chi connectivity index (χ1n) is 11.0. The van der Waals surface area contributed by atoms with Gasteiger partial charge >= 0.3 is 36.1 Å². The maximum absolute atomic E-state index is 11.9. The van der Waals surface area contributed by atoms with Crippen molar-refractivity contribution in [3.05, 3.63) is 25.3 Å². The van der Waals surface area contributed by atoms with E-state index >= 15 is 0 Å². The zero-order valence-electron chi connectivity index (χ0n) is 19.7. The zero-order valence-corrected chi connectivity index (χ0v) is 19.7. The average molecular weight is 514 g/mol. The predicted octanol–water partition coefficient (Wildman–Crippen LogP) is 0.295. The Kier molecular flexibility index (Phi) is 14.4. The number of esters is 4. The molecule has 2 amide bonds. The summed E-state index contributed by atoms with van der Waals surface area (Å²) in [6.45, 7) is 4.39. The first-order valence-corrected chi connectivity index (χ1v) is 11.0. The fourth-order valence-electron chi connectivity index (χ4n) is 2.91. The highest BCUT2D eigenvalue weighted by Crippen LogP contribution is 2.19. The van der Waals surface area contributed by atoms with Gasteiger partial charge in [-0.2, -0.15) is 0 Å². The normalized spacial score (nSPS) is 16.3. The SMILES string of the molecule is C=CC(=O)OCC(=O)OCCOC(=O)NC1CCCC(NC(=O)OCCOC(=O)COC(=O)C=C)C1. The van der Waals surface area contributed by atoms with Gasteiger partial charge in [0.05, 0.1) is 0 Å². The summed E-state index contributed by atoms with van der Waals surface area (Å²) < 4.78 is 28.4. The predicted molar refractivity (Wildman–Crippen MR) is 119 cm³/mol. The van der Waals surface area contributed by atoms with Crippen LogP contribution in [0.25, 0.3) is 0 Å². The van der Waals surface area contributed by atoms with Crippen molar-refractivity contribution in [1.82, 2.24) is 10.6 Å². The van der Waals surface area contributed by atoms with Crippen molar-refractivity contribution < 1.29 is 57.2 Å². The number of alkyl carbamates (subject to hydrolysis) is 2. The molecule has 0 bridgehead atoms. The van der Waals surface area contributed by atoms with Gasteiger partial charge in [0.25, 0.3) is 0 Å². The van der Waals surface area contributed by atoms with Crippen molar-refractivity contribution in [2.75, 3.05) is 39.6 Å². The molecule has 1 aliphatic rings. The lowest BCUT2D eigenvalue weighted by Crippen LogP contribution is -2.46. The van der Waals surface area contributed by atoms with Crippen molar-refractivity contribution in [2.24, 2.45) is 0 Å². The minimum atomic E-state index is -0.797. The van der Waals surface area contributed by atoms with Crippen LogP contribution in [0.15, 0.2) is 25.3 Å². The standard InChI is InChI=1S/C22H30N2O12/c1-3-17(25)35-13-19(27)31-8-10-33-21(29)23-15-6-5-7-16(12-15)24-22(30)34-11-9-32-20(28)14-36-18(26)4-2/h3-4,15-16H,1-2,5-14H2,(H,23,29)(H,24,30). The highest BCUT2D eigenvalue weighted by Gasteiger charge is 2.25. The highest BCUT2D eigenvalue weighted by molar-refractivity contribution is 5.84. The second-order valence-electron chi connectivity index (χ2n) is 7.19. The summed E-state index contributed by atoms with van der Waals surface area (Å²) in [4.78, 5) is 68.2. The van der Waals surface area contributed by atoms with Gasteiger partial charge in [-0.3, -0.25) is 0 Å². The van der Waals surface area contributed by atoms with Gasteiger partial charge in [0.2, 0.25) is 0 Å². The van der Waals surface area contributed by atoms with Crippen LogP contribution in [0, 0.1) is 0 Å². The zero-order chi connectivity index (χ0) is 26.8. The van der Waals surface area contributed by atoms with Gasteiger partial charge in [-0.1, -0.05) is 13.2 Å². The Morgan fingerprint density at radius 3 is 1.42 bits per heavy atom. The molecular formula is C22H30N2O12. The van der Waals surface area contributed by atoms with E-state index in [0.717, 1.165) is 18.6 Å². The Bertz CT molecular complexity index is 749. The fraction of sp³-hybridized carbons (Fsp3) is 0.545. The summed E-state index contributed by atoms with van der Waals surface area (Å²) in [5.41, 5.74) is 0. The maximum atomic E-state index is 11.9. The highest BCUT2D eigenvalue weighted by atomic mass is 16.6. The molecule has 0 heterocycles. The first-order chi connectivity index (χ1) is 17.2. The smallest absolute Gasteiger partial charge is 0.407 e. The maximum Gasteiger partial charge on any atom is 0.407 e. The third-order valence-corrected chi connectivity index (χ3v) is 4.48. The molecule has 36 heavy (non-hydrogen) atoms. The summed E-state index contributed by atoms with van der Waals surface area (Å²) in [5, 5.41) is 5.35. The number of hydrogen-bond acceptors (Lipinski definition) is 12. The molecule has 0 aromatic carbocycles. The Labute approximate surface area is 207 Å². The molecule has 1 aliphatic carbocycles. The number of amides is 2. The third kappa shape index (κ3) is 14.2. The molecule has 1 rings (SSSR count). The van der Waals surface area contributed by atoms with E-state index in [1.807, 2.05) is 0 Å². The van der Waals surface area contributed by atoms with Crippen molar-refractivity contribution in [3.8, 4) is 0 Å². The first kappa shape index (κ1) is 29.9. The van der Waals surface area contributed by atoms with Gasteiger partial charge < -0.3 is 39.1 Å². The molecule has 2 unspecified atom stereocenters. The molecule has 14 heteroatoms. The number of ether oxygens (including phenoxy) is 6. The third-order valence-electron chi connectivity index (χ3n) is 4.48. The largest absolute Gasteiger partial charge is 0.460 e. The lowest BCUT2D eigenvalue weighted by Gasteiger charge is -2.29. The van der Waals surface area contributed by atoms with Crippen molar-refractivity contribution in [2.45, 2.75) is 37.8 Å². The van der Waals surface area contributed by atoms with Gasteiger partial charge in [-0.05, 0) is 25.7 Å². The van der Waals surface area contributed by atoms with E-state index in [1.54, 1.807) is 0 Å². The van der Waals surface area contributed by atoms with E-state index in [2.05, 4.69) is 33.3 Å². The van der Waals surface area contributed by atoms with Crippen LogP contribution in [0.3, 0.4) is 0 Å². The Morgan fingerprint density at radius 1 is 0.639 bits per heavy atom. The van der Waals surface area contributed by atoms with E-state index in [9.17, 15) is 28.8 Å². The number of nitrogens with one attached hydrogen (secondary N) is 2. The number of rotatable bonds is 14. The summed E-state index contributed by atoms with van der Waals surface area (Å²) >= 11 is 0. The van der Waals surface area contributed by atoms with Gasteiger partial charge in [0, 0.05) is 24.2 Å². The number of hydrogen-bond donors (Lipinski definition) is 2. The van der Waals surface area contributed by atoms with E-state index in [4.69, 9.17) is 18.9 Å². The number of carbonyl (C=O) groups excluding carboxylic acids is 6. The lowest BCUT2D eigenvalue weighted by atomic mass is 9.91. The van der Waals surface area contributed by atoms with Crippen LogP contribution >= 0.6 is 0 Å². The van der Waals surface area contributed by atoms with E-state index < -0.39 is 49.3 Å². The van der Waals surface area contributed by atoms with Gasteiger partial charge in [0.1, 0.15) is 26.4 Å². The molecule has 0 aromatic heterocycles. The van der Waals surface area contributed by atoms with Gasteiger partial charge in [0.15, 0.2) is 13.2 Å². The molecule has 2 N–H and O–H groups in total. The Balaban J connectivity index is 2.16. The fourth-order valence-corrected chi connectivity index (χ4v) is 2.91. The van der Waals surface area contributed by atoms with Crippen molar-refractivity contribution in [3.63, 3.8) is 0 Å². The van der Waals surface area contributed by atoms with Crippen molar-refractivity contribution >= 4 is 36.1 Å². The molecule has 2 atom stereocenters. The number of carbonyl (C=O) groups is 6. The second-order valence-corrected chi connectivity index (χ2v) is 7.19. The monoisotopic (exact) mass is 514 g/mol. The molecule has 0 aliphatic heterocycles. The topological polar surface area (TPSA) is 182 Å². The van der Waals surface area contributed by atoms with Crippen LogP contribution in [0.4, 0.5) is 9.59 Å². The second kappa shape index (κ2) is 17.4. The van der Waals surface area contributed by atoms with Crippen LogP contribution in [-0.2, 0) is 47.6 Å². The summed E-state index contributed by atoms with van der Waals surface area (Å²) in [7, 11) is 0. The molecule has 0 radical (unpaired) electrons. The van der Waals surface area contributed by atoms with E-state index in [-0.39, 0.29) is 38.5 Å². The Morgan fingerprint density at radius 2 is 1.03 bits per heavy atom. The quantitative estimate of drug-likeness (QED) is 0.140. The summed E-state index contributed by atoms with van der Waals surface area (Å²) in [5.74, 6) is -3.12. The molecule has 0 saturated heterocycles. The Hall–Kier alpha value is -4.10. The van der Waals surface area contributed by atoms with Gasteiger partial charge in [-0.15, -0.1) is 0 Å². The molecular weight excluding hydrogens is 484 g/mol. The van der Waals surface area contributed by atoms with E-state index in [1.165, 1.54) is 0 Å². The molecule has 1 saturated carbocycles. The van der Waals surface area contributed by atoms with E-state index in [0.29, 0.717) is 19.3 Å². The minimum absolute atomic E-state index is 0.199. The van der Waals surface area contributed by atoms with Crippen LogP contribution < -0.4 is 10.6 Å². The van der Waals surface area contributed by atoms with Crippen molar-refractivity contribution in [1.29, 1.82) is 0 Å². The molecule has 0 spiro atoms. The molecule has 1 fully saturated rings. The molecule has 200 valence electrons. The van der Waals surface area contributed by atoms with Crippen LogP contribution in [0.1, 0.15) is 25.7 Å². The average Bonchev–Trinajstić information content (AvgIpc) is 2.86. The lowest BCUT2D eigenvalue weighted by molar-refractivity contribution is -0.156. The summed E-state index contributed by atoms with van der Waals surface area (Å²) in [6, 6.07) is -0.506. The summed E-state index contributed by atoms with van der Waals surface area (Å²) in [6.07, 6.45) is 2.93. The molecule has 14 nitrogen and oxygen atoms in total. The van der Waals surface area contributed by atoms with Crippen LogP contribution in [-0.4, -0.2) is 87.8 Å². The van der Waals surface area contributed by atoms with Crippen LogP contribution in [0.2, 0.25) is 0 Å². The minimum Gasteiger partial charge on any atom is -0.460 e. The van der Waals surface area contributed by atoms with Crippen LogP contribution in [0.5, 0.6) is 0 Å². The molecule has 0 aromatic rings. The van der Waals surface area contributed by atoms with Gasteiger partial charge in [-0.25, -0.2) is 28.8 Å².